The molecule has 6 nitrogen and oxygen atoms in total. The molecule has 106 valence electrons. The average molecular weight is 293 g/mol. The van der Waals surface area contributed by atoms with E-state index in [1.54, 1.807) is 24.3 Å². The molecule has 0 aliphatic carbocycles. The molecule has 0 saturated heterocycles. The summed E-state index contributed by atoms with van der Waals surface area (Å²) in [4.78, 5) is 23.4. The molecule has 1 unspecified atom stereocenters. The maximum Gasteiger partial charge on any atom is 0.303 e. The number of hydrogen-bond acceptors (Lipinski definition) is 4. The molecule has 7 heteroatoms. The van der Waals surface area contributed by atoms with Crippen molar-refractivity contribution < 1.29 is 14.7 Å². The Labute approximate surface area is 119 Å². The predicted octanol–water partition coefficient (Wildman–Crippen LogP) is 1.98. The monoisotopic (exact) mass is 293 g/mol. The number of aromatic amines is 1. The van der Waals surface area contributed by atoms with Gasteiger partial charge in [0, 0.05) is 13.0 Å². The molecule has 2 aromatic heterocycles. The maximum atomic E-state index is 11.9. The minimum atomic E-state index is -0.869. The molecule has 0 saturated carbocycles. The highest BCUT2D eigenvalue weighted by Crippen LogP contribution is 2.22. The van der Waals surface area contributed by atoms with Crippen molar-refractivity contribution in [3.05, 3.63) is 29.3 Å². The topological polar surface area (TPSA) is 95.1 Å². The van der Waals surface area contributed by atoms with Gasteiger partial charge in [-0.1, -0.05) is 13.0 Å². The smallest absolute Gasteiger partial charge is 0.303 e. The summed E-state index contributed by atoms with van der Waals surface area (Å²) in [5.74, 6) is -1.29. The lowest BCUT2D eigenvalue weighted by Gasteiger charge is -2.08. The number of carboxylic acid groups (broad SMARTS) is 1. The summed E-state index contributed by atoms with van der Waals surface area (Å²) < 4.78 is 0. The zero-order chi connectivity index (χ0) is 14.5. The summed E-state index contributed by atoms with van der Waals surface area (Å²) in [6.07, 6.45) is 0.0291. The second-order valence-corrected chi connectivity index (χ2v) is 5.50. The van der Waals surface area contributed by atoms with Crippen LogP contribution in [0.25, 0.3) is 10.6 Å². The minimum Gasteiger partial charge on any atom is -0.481 e. The highest BCUT2D eigenvalue weighted by atomic mass is 32.1. The van der Waals surface area contributed by atoms with Gasteiger partial charge in [0.25, 0.3) is 5.91 Å². The molecule has 0 fully saturated rings. The summed E-state index contributed by atoms with van der Waals surface area (Å²) in [7, 11) is 0. The molecule has 1 atom stereocenters. The Morgan fingerprint density at radius 1 is 1.55 bits per heavy atom. The van der Waals surface area contributed by atoms with Crippen molar-refractivity contribution in [2.24, 2.45) is 5.92 Å². The number of amides is 1. The number of thiophene rings is 1. The van der Waals surface area contributed by atoms with E-state index in [1.807, 2.05) is 17.5 Å². The Balaban J connectivity index is 1.92. The predicted molar refractivity (Wildman–Crippen MR) is 75.7 cm³/mol. The molecule has 0 aliphatic heterocycles. The van der Waals surface area contributed by atoms with Crippen LogP contribution in [0.15, 0.2) is 23.6 Å². The third-order valence-electron chi connectivity index (χ3n) is 2.73. The standard InChI is InChI=1S/C13H15N3O3S/c1-8(5-12(17)18)7-14-13(19)10-6-9(15-16-10)11-3-2-4-20-11/h2-4,6,8H,5,7H2,1H3,(H,14,19)(H,15,16)(H,17,18). The molecule has 0 radical (unpaired) electrons. The number of nitrogens with zero attached hydrogens (tertiary/aromatic N) is 1. The van der Waals surface area contributed by atoms with Gasteiger partial charge < -0.3 is 10.4 Å². The molecular weight excluding hydrogens is 278 g/mol. The average Bonchev–Trinajstić information content (AvgIpc) is 3.04. The molecule has 0 bridgehead atoms. The van der Waals surface area contributed by atoms with Gasteiger partial charge in [-0.15, -0.1) is 11.3 Å². The molecule has 3 N–H and O–H groups in total. The molecule has 0 spiro atoms. The third-order valence-corrected chi connectivity index (χ3v) is 3.63. The van der Waals surface area contributed by atoms with Crippen molar-refractivity contribution in [2.75, 3.05) is 6.54 Å². The van der Waals surface area contributed by atoms with Gasteiger partial charge in [-0.3, -0.25) is 14.7 Å². The second kappa shape index (κ2) is 6.33. The van der Waals surface area contributed by atoms with Crippen LogP contribution >= 0.6 is 11.3 Å². The van der Waals surface area contributed by atoms with E-state index in [-0.39, 0.29) is 18.2 Å². The Kier molecular flexibility index (Phi) is 4.52. The number of nitrogens with one attached hydrogen (secondary N) is 2. The number of carbonyl (C=O) groups excluding carboxylic acids is 1. The van der Waals surface area contributed by atoms with Crippen LogP contribution in [0.3, 0.4) is 0 Å². The van der Waals surface area contributed by atoms with E-state index in [1.165, 1.54) is 0 Å². The lowest BCUT2D eigenvalue weighted by Crippen LogP contribution is -2.29. The highest BCUT2D eigenvalue weighted by molar-refractivity contribution is 7.13. The molecule has 1 amide bonds. The van der Waals surface area contributed by atoms with E-state index in [2.05, 4.69) is 15.5 Å². The summed E-state index contributed by atoms with van der Waals surface area (Å²) in [6.45, 7) is 2.09. The van der Waals surface area contributed by atoms with E-state index in [0.29, 0.717) is 12.2 Å². The van der Waals surface area contributed by atoms with Gasteiger partial charge in [-0.2, -0.15) is 5.10 Å². The molecule has 0 aliphatic rings. The number of hydrogen-bond donors (Lipinski definition) is 3. The molecular formula is C13H15N3O3S. The summed E-state index contributed by atoms with van der Waals surface area (Å²) in [5, 5.41) is 20.1. The van der Waals surface area contributed by atoms with Crippen LogP contribution in [0.1, 0.15) is 23.8 Å². The number of carboxylic acids is 1. The van der Waals surface area contributed by atoms with Crippen molar-refractivity contribution in [3.63, 3.8) is 0 Å². The van der Waals surface area contributed by atoms with Crippen LogP contribution in [-0.4, -0.2) is 33.7 Å². The van der Waals surface area contributed by atoms with Crippen molar-refractivity contribution in [3.8, 4) is 10.6 Å². The SMILES string of the molecule is CC(CNC(=O)c1cc(-c2cccs2)[nH]n1)CC(=O)O. The largest absolute Gasteiger partial charge is 0.481 e. The van der Waals surface area contributed by atoms with Crippen molar-refractivity contribution >= 4 is 23.2 Å². The van der Waals surface area contributed by atoms with Gasteiger partial charge in [-0.05, 0) is 23.4 Å². The van der Waals surface area contributed by atoms with Gasteiger partial charge in [-0.25, -0.2) is 0 Å². The Morgan fingerprint density at radius 3 is 3.00 bits per heavy atom. The first kappa shape index (κ1) is 14.3. The lowest BCUT2D eigenvalue weighted by molar-refractivity contribution is -0.137. The van der Waals surface area contributed by atoms with Crippen molar-refractivity contribution in [2.45, 2.75) is 13.3 Å². The zero-order valence-corrected chi connectivity index (χ0v) is 11.7. The number of aromatic nitrogens is 2. The lowest BCUT2D eigenvalue weighted by atomic mass is 10.1. The Morgan fingerprint density at radius 2 is 2.35 bits per heavy atom. The summed E-state index contributed by atoms with van der Waals surface area (Å²) in [6, 6.07) is 5.55. The molecule has 0 aromatic carbocycles. The second-order valence-electron chi connectivity index (χ2n) is 4.56. The highest BCUT2D eigenvalue weighted by Gasteiger charge is 2.14. The van der Waals surface area contributed by atoms with E-state index in [9.17, 15) is 9.59 Å². The van der Waals surface area contributed by atoms with E-state index in [4.69, 9.17) is 5.11 Å². The fourth-order valence-corrected chi connectivity index (χ4v) is 2.42. The molecule has 20 heavy (non-hydrogen) atoms. The van der Waals surface area contributed by atoms with E-state index < -0.39 is 5.97 Å². The minimum absolute atomic E-state index is 0.0291. The summed E-state index contributed by atoms with van der Waals surface area (Å²) >= 11 is 1.56. The summed E-state index contributed by atoms with van der Waals surface area (Å²) in [5.41, 5.74) is 1.10. The van der Waals surface area contributed by atoms with Crippen LogP contribution in [0, 0.1) is 5.92 Å². The van der Waals surface area contributed by atoms with Gasteiger partial charge in [0.1, 0.15) is 0 Å². The fraction of sp³-hybridized carbons (Fsp3) is 0.308. The molecule has 2 aromatic rings. The van der Waals surface area contributed by atoms with Crippen LogP contribution in [0.5, 0.6) is 0 Å². The first-order valence-electron chi connectivity index (χ1n) is 6.15. The quantitative estimate of drug-likeness (QED) is 0.759. The van der Waals surface area contributed by atoms with E-state index >= 15 is 0 Å². The zero-order valence-electron chi connectivity index (χ0n) is 10.9. The number of aliphatic carboxylic acids is 1. The van der Waals surface area contributed by atoms with Crippen LogP contribution in [-0.2, 0) is 4.79 Å². The van der Waals surface area contributed by atoms with Crippen LogP contribution in [0.2, 0.25) is 0 Å². The van der Waals surface area contributed by atoms with Crippen LogP contribution < -0.4 is 5.32 Å². The van der Waals surface area contributed by atoms with Gasteiger partial charge >= 0.3 is 5.97 Å². The van der Waals surface area contributed by atoms with Gasteiger partial charge in [0.05, 0.1) is 10.6 Å². The third kappa shape index (κ3) is 3.67. The van der Waals surface area contributed by atoms with Crippen molar-refractivity contribution in [1.29, 1.82) is 0 Å². The normalized spacial score (nSPS) is 12.1. The van der Waals surface area contributed by atoms with E-state index in [0.717, 1.165) is 10.6 Å². The number of H-pyrrole nitrogens is 1. The van der Waals surface area contributed by atoms with Crippen molar-refractivity contribution in [1.82, 2.24) is 15.5 Å². The fourth-order valence-electron chi connectivity index (χ4n) is 1.72. The molecule has 2 heterocycles. The Bertz CT molecular complexity index is 592. The number of rotatable bonds is 6. The van der Waals surface area contributed by atoms with Gasteiger partial charge in [0.15, 0.2) is 5.69 Å². The van der Waals surface area contributed by atoms with Gasteiger partial charge in [0.2, 0.25) is 0 Å². The maximum absolute atomic E-state index is 11.9. The first-order valence-corrected chi connectivity index (χ1v) is 7.03. The number of carbonyl (C=O) groups is 2. The molecule has 2 rings (SSSR count). The van der Waals surface area contributed by atoms with Crippen LogP contribution in [0.4, 0.5) is 0 Å². The Hall–Kier alpha value is -2.15. The first-order chi connectivity index (χ1) is 9.56.